The number of nitrogens with zero attached hydrogens (tertiary/aromatic N) is 3. The molecule has 0 bridgehead atoms. The first kappa shape index (κ1) is 13.6. The van der Waals surface area contributed by atoms with Crippen molar-refractivity contribution in [1.29, 1.82) is 0 Å². The van der Waals surface area contributed by atoms with E-state index in [0.717, 1.165) is 24.1 Å². The van der Waals surface area contributed by atoms with Crippen molar-refractivity contribution in [2.75, 3.05) is 18.0 Å². The van der Waals surface area contributed by atoms with E-state index in [4.69, 9.17) is 0 Å². The highest BCUT2D eigenvalue weighted by molar-refractivity contribution is 9.08. The predicted octanol–water partition coefficient (Wildman–Crippen LogP) is 3.11. The molecule has 0 aliphatic rings. The topological polar surface area (TPSA) is 21.1 Å². The molecule has 92 valence electrons. The molecule has 0 unspecified atom stereocenters. The number of alkyl halides is 1. The van der Waals surface area contributed by atoms with Gasteiger partial charge in [-0.25, -0.2) is 0 Å². The summed E-state index contributed by atoms with van der Waals surface area (Å²) in [4.78, 5) is 2.40. The van der Waals surface area contributed by atoms with E-state index in [-0.39, 0.29) is 0 Å². The molecule has 0 saturated heterocycles. The molecule has 0 aliphatic heterocycles. The number of rotatable bonds is 5. The highest BCUT2D eigenvalue weighted by Crippen LogP contribution is 2.25. The predicted molar refractivity (Wildman–Crippen MR) is 73.3 cm³/mol. The summed E-state index contributed by atoms with van der Waals surface area (Å²) < 4.78 is 2.00. The van der Waals surface area contributed by atoms with Crippen LogP contribution in [0.3, 0.4) is 0 Å². The summed E-state index contributed by atoms with van der Waals surface area (Å²) in [6.45, 7) is 10.9. The van der Waals surface area contributed by atoms with E-state index in [1.54, 1.807) is 0 Å². The third kappa shape index (κ3) is 2.78. The number of hydrogen-bond donors (Lipinski definition) is 0. The SMILES string of the molecule is CCN(CC(C)C)c1c(CBr)c(C)nn1C. The fourth-order valence-corrected chi connectivity index (χ4v) is 2.70. The Morgan fingerprint density at radius 3 is 2.50 bits per heavy atom. The maximum atomic E-state index is 4.50. The molecule has 0 saturated carbocycles. The van der Waals surface area contributed by atoms with Crippen LogP contribution < -0.4 is 4.90 Å². The van der Waals surface area contributed by atoms with Gasteiger partial charge in [-0.2, -0.15) is 5.10 Å². The largest absolute Gasteiger partial charge is 0.357 e. The maximum Gasteiger partial charge on any atom is 0.130 e. The van der Waals surface area contributed by atoms with E-state index in [2.05, 4.69) is 53.6 Å². The molecule has 1 aromatic heterocycles. The molecular weight excluding hydrogens is 266 g/mol. The minimum Gasteiger partial charge on any atom is -0.357 e. The van der Waals surface area contributed by atoms with Gasteiger partial charge in [-0.05, 0) is 19.8 Å². The second kappa shape index (κ2) is 5.71. The highest BCUT2D eigenvalue weighted by atomic mass is 79.9. The van der Waals surface area contributed by atoms with Gasteiger partial charge in [0.1, 0.15) is 5.82 Å². The first-order valence-electron chi connectivity index (χ1n) is 5.84. The number of hydrogen-bond acceptors (Lipinski definition) is 2. The number of aromatic nitrogens is 2. The molecule has 0 N–H and O–H groups in total. The Morgan fingerprint density at radius 1 is 1.44 bits per heavy atom. The van der Waals surface area contributed by atoms with Crippen molar-refractivity contribution >= 4 is 21.7 Å². The number of halogens is 1. The zero-order chi connectivity index (χ0) is 12.3. The van der Waals surface area contributed by atoms with Gasteiger partial charge in [0.25, 0.3) is 0 Å². The van der Waals surface area contributed by atoms with E-state index >= 15 is 0 Å². The average molecular weight is 288 g/mol. The molecule has 0 amide bonds. The Hall–Kier alpha value is -0.510. The van der Waals surface area contributed by atoms with Crippen LogP contribution in [0.1, 0.15) is 32.0 Å². The van der Waals surface area contributed by atoms with Crippen molar-refractivity contribution in [3.63, 3.8) is 0 Å². The Morgan fingerprint density at radius 2 is 2.06 bits per heavy atom. The van der Waals surface area contributed by atoms with Crippen LogP contribution >= 0.6 is 15.9 Å². The zero-order valence-electron chi connectivity index (χ0n) is 10.9. The van der Waals surface area contributed by atoms with E-state index in [0.29, 0.717) is 5.92 Å². The summed E-state index contributed by atoms with van der Waals surface area (Å²) in [5.41, 5.74) is 2.43. The van der Waals surface area contributed by atoms with Crippen molar-refractivity contribution in [3.8, 4) is 0 Å². The quantitative estimate of drug-likeness (QED) is 0.776. The molecule has 0 atom stereocenters. The van der Waals surface area contributed by atoms with Gasteiger partial charge >= 0.3 is 0 Å². The lowest BCUT2D eigenvalue weighted by atomic mass is 10.2. The molecule has 0 aliphatic carbocycles. The highest BCUT2D eigenvalue weighted by Gasteiger charge is 2.17. The van der Waals surface area contributed by atoms with Crippen LogP contribution in [0.5, 0.6) is 0 Å². The second-order valence-corrected chi connectivity index (χ2v) is 5.14. The summed E-state index contributed by atoms with van der Waals surface area (Å²) in [5.74, 6) is 1.92. The fraction of sp³-hybridized carbons (Fsp3) is 0.750. The van der Waals surface area contributed by atoms with Crippen molar-refractivity contribution in [3.05, 3.63) is 11.3 Å². The van der Waals surface area contributed by atoms with Crippen molar-refractivity contribution in [2.24, 2.45) is 13.0 Å². The minimum absolute atomic E-state index is 0.665. The molecule has 0 fully saturated rings. The standard InChI is InChI=1S/C12H22BrN3/c1-6-16(8-9(2)3)12-11(7-13)10(4)14-15(12)5/h9H,6-8H2,1-5H3. The lowest BCUT2D eigenvalue weighted by molar-refractivity contribution is 0.599. The summed E-state index contributed by atoms with van der Waals surface area (Å²) in [6.07, 6.45) is 0. The summed E-state index contributed by atoms with van der Waals surface area (Å²) >= 11 is 3.56. The average Bonchev–Trinajstić information content (AvgIpc) is 2.49. The lowest BCUT2D eigenvalue weighted by Crippen LogP contribution is -2.29. The Balaban J connectivity index is 3.08. The molecule has 0 spiro atoms. The minimum atomic E-state index is 0.665. The van der Waals surface area contributed by atoms with Crippen LogP contribution in [0.15, 0.2) is 0 Å². The molecule has 0 radical (unpaired) electrons. The lowest BCUT2D eigenvalue weighted by Gasteiger charge is -2.26. The van der Waals surface area contributed by atoms with E-state index in [9.17, 15) is 0 Å². The van der Waals surface area contributed by atoms with Crippen LogP contribution in [0, 0.1) is 12.8 Å². The smallest absolute Gasteiger partial charge is 0.130 e. The molecular formula is C12H22BrN3. The van der Waals surface area contributed by atoms with Crippen molar-refractivity contribution in [2.45, 2.75) is 33.0 Å². The van der Waals surface area contributed by atoms with Crippen molar-refractivity contribution in [1.82, 2.24) is 9.78 Å². The maximum absolute atomic E-state index is 4.50. The van der Waals surface area contributed by atoms with Crippen LogP contribution in [0.2, 0.25) is 0 Å². The van der Waals surface area contributed by atoms with Gasteiger partial charge in [-0.1, -0.05) is 29.8 Å². The summed E-state index contributed by atoms with van der Waals surface area (Å²) in [7, 11) is 2.03. The molecule has 1 rings (SSSR count). The van der Waals surface area contributed by atoms with Gasteiger partial charge < -0.3 is 4.90 Å². The van der Waals surface area contributed by atoms with Gasteiger partial charge in [0, 0.05) is 31.0 Å². The van der Waals surface area contributed by atoms with E-state index < -0.39 is 0 Å². The van der Waals surface area contributed by atoms with Gasteiger partial charge in [0.05, 0.1) is 5.69 Å². The molecule has 0 aromatic carbocycles. The fourth-order valence-electron chi connectivity index (χ4n) is 2.05. The Labute approximate surface area is 107 Å². The molecule has 1 aromatic rings. The first-order valence-corrected chi connectivity index (χ1v) is 6.96. The van der Waals surface area contributed by atoms with Crippen LogP contribution in [0.25, 0.3) is 0 Å². The van der Waals surface area contributed by atoms with Gasteiger partial charge in [0.2, 0.25) is 0 Å². The third-order valence-electron chi connectivity index (χ3n) is 2.71. The Kier molecular flexibility index (Phi) is 4.84. The zero-order valence-corrected chi connectivity index (χ0v) is 12.5. The second-order valence-electron chi connectivity index (χ2n) is 4.58. The van der Waals surface area contributed by atoms with Gasteiger partial charge in [-0.3, -0.25) is 4.68 Å². The molecule has 16 heavy (non-hydrogen) atoms. The van der Waals surface area contributed by atoms with E-state index in [1.165, 1.54) is 11.4 Å². The monoisotopic (exact) mass is 287 g/mol. The van der Waals surface area contributed by atoms with Gasteiger partial charge in [-0.15, -0.1) is 0 Å². The van der Waals surface area contributed by atoms with Crippen LogP contribution in [0.4, 0.5) is 5.82 Å². The number of aryl methyl sites for hydroxylation is 2. The normalized spacial score (nSPS) is 11.2. The van der Waals surface area contributed by atoms with Crippen molar-refractivity contribution < 1.29 is 0 Å². The molecule has 3 nitrogen and oxygen atoms in total. The Bertz CT molecular complexity index is 344. The molecule has 4 heteroatoms. The van der Waals surface area contributed by atoms with E-state index in [1.807, 2.05) is 11.7 Å². The van der Waals surface area contributed by atoms with Crippen LogP contribution in [-0.4, -0.2) is 22.9 Å². The summed E-state index contributed by atoms with van der Waals surface area (Å²) in [5, 5.41) is 5.37. The van der Waals surface area contributed by atoms with Crippen LogP contribution in [-0.2, 0) is 12.4 Å². The molecule has 1 heterocycles. The number of anilines is 1. The van der Waals surface area contributed by atoms with Gasteiger partial charge in [0.15, 0.2) is 0 Å². The third-order valence-corrected chi connectivity index (χ3v) is 3.27. The first-order chi connectivity index (χ1) is 7.51. The summed E-state index contributed by atoms with van der Waals surface area (Å²) in [6, 6.07) is 0.